The third-order valence-electron chi connectivity index (χ3n) is 5.12. The van der Waals surface area contributed by atoms with Crippen LogP contribution in [0.15, 0.2) is 30.3 Å². The Labute approximate surface area is 163 Å². The molecule has 0 saturated carbocycles. The van der Waals surface area contributed by atoms with Crippen molar-refractivity contribution < 1.29 is 4.79 Å². The Morgan fingerprint density at radius 1 is 1.12 bits per heavy atom. The minimum Gasteiger partial charge on any atom is -0.352 e. The number of hydrogen-bond donors (Lipinski definition) is 2. The molecule has 0 radical (unpaired) electrons. The number of piperidine rings is 1. The van der Waals surface area contributed by atoms with Crippen LogP contribution in [0, 0.1) is 5.92 Å². The van der Waals surface area contributed by atoms with Crippen molar-refractivity contribution in [3.8, 4) is 0 Å². The molecule has 3 rings (SSSR count). The van der Waals surface area contributed by atoms with Gasteiger partial charge in [0.05, 0.1) is 0 Å². The van der Waals surface area contributed by atoms with E-state index in [2.05, 4.69) is 45.9 Å². The number of likely N-dealkylation sites (tertiary alicyclic amines) is 1. The summed E-state index contributed by atoms with van der Waals surface area (Å²) in [6.07, 6.45) is 5.27. The summed E-state index contributed by atoms with van der Waals surface area (Å²) in [5.41, 5.74) is 1.35. The molecule has 6 heteroatoms. The lowest BCUT2D eigenvalue weighted by atomic mass is 9.93. The molecular formula is C19H31Cl2N3O. The number of benzene rings is 1. The molecule has 2 heterocycles. The number of hydrogen-bond acceptors (Lipinski definition) is 3. The van der Waals surface area contributed by atoms with Crippen LogP contribution in [0.1, 0.15) is 37.7 Å². The molecule has 0 spiro atoms. The van der Waals surface area contributed by atoms with Gasteiger partial charge in [-0.1, -0.05) is 30.3 Å². The van der Waals surface area contributed by atoms with E-state index in [1.807, 2.05) is 0 Å². The van der Waals surface area contributed by atoms with E-state index in [0.717, 1.165) is 51.5 Å². The minimum absolute atomic E-state index is 0. The molecule has 0 aliphatic carbocycles. The fourth-order valence-electron chi connectivity index (χ4n) is 3.74. The van der Waals surface area contributed by atoms with E-state index in [4.69, 9.17) is 0 Å². The number of carbonyl (C=O) groups excluding carboxylic acids is 1. The van der Waals surface area contributed by atoms with Gasteiger partial charge < -0.3 is 10.6 Å². The Hall–Kier alpha value is -0.810. The van der Waals surface area contributed by atoms with Crippen LogP contribution in [0.4, 0.5) is 0 Å². The van der Waals surface area contributed by atoms with E-state index in [1.165, 1.54) is 18.4 Å². The first-order valence-electron chi connectivity index (χ1n) is 9.06. The first kappa shape index (κ1) is 22.2. The lowest BCUT2D eigenvalue weighted by Gasteiger charge is -2.22. The maximum absolute atomic E-state index is 12.2. The van der Waals surface area contributed by atoms with Gasteiger partial charge in [-0.15, -0.1) is 24.8 Å². The number of amides is 1. The minimum atomic E-state index is 0. The van der Waals surface area contributed by atoms with Gasteiger partial charge in [0.2, 0.25) is 5.91 Å². The maximum Gasteiger partial charge on any atom is 0.220 e. The van der Waals surface area contributed by atoms with Crippen molar-refractivity contribution >= 4 is 30.7 Å². The largest absolute Gasteiger partial charge is 0.352 e. The number of nitrogens with one attached hydrogen (secondary N) is 2. The topological polar surface area (TPSA) is 44.4 Å². The Kier molecular flexibility index (Phi) is 10.4. The summed E-state index contributed by atoms with van der Waals surface area (Å²) >= 11 is 0. The lowest BCUT2D eigenvalue weighted by Crippen LogP contribution is -2.37. The average Bonchev–Trinajstić information content (AvgIpc) is 3.02. The van der Waals surface area contributed by atoms with E-state index >= 15 is 0 Å². The highest BCUT2D eigenvalue weighted by molar-refractivity contribution is 5.85. The number of nitrogens with zero attached hydrogens (tertiary/aromatic N) is 1. The molecule has 1 aromatic carbocycles. The third-order valence-corrected chi connectivity index (χ3v) is 5.12. The second-order valence-corrected chi connectivity index (χ2v) is 7.01. The standard InChI is InChI=1S/C19H29N3O.2ClH/c23-19(7-6-16-8-11-20-12-9-16)21-18-10-13-22(15-18)14-17-4-2-1-3-5-17;;/h1-5,16,18,20H,6-15H2,(H,21,23);2*1H. The van der Waals surface area contributed by atoms with E-state index in [-0.39, 0.29) is 30.7 Å². The Balaban J connectivity index is 0.00000156. The SMILES string of the molecule is Cl.Cl.O=C(CCC1CCNCC1)NC1CCN(Cc2ccccc2)C1. The molecule has 142 valence electrons. The van der Waals surface area contributed by atoms with Crippen LogP contribution in [-0.4, -0.2) is 43.0 Å². The van der Waals surface area contributed by atoms with Crippen LogP contribution < -0.4 is 10.6 Å². The van der Waals surface area contributed by atoms with Crippen LogP contribution in [0.2, 0.25) is 0 Å². The highest BCUT2D eigenvalue weighted by Gasteiger charge is 2.24. The van der Waals surface area contributed by atoms with E-state index in [9.17, 15) is 4.79 Å². The van der Waals surface area contributed by atoms with E-state index in [1.54, 1.807) is 0 Å². The van der Waals surface area contributed by atoms with Crippen molar-refractivity contribution in [2.24, 2.45) is 5.92 Å². The van der Waals surface area contributed by atoms with Gasteiger partial charge in [0.1, 0.15) is 0 Å². The van der Waals surface area contributed by atoms with E-state index < -0.39 is 0 Å². The van der Waals surface area contributed by atoms with Crippen LogP contribution in [0.25, 0.3) is 0 Å². The van der Waals surface area contributed by atoms with Gasteiger partial charge in [0.25, 0.3) is 0 Å². The molecule has 2 fully saturated rings. The monoisotopic (exact) mass is 387 g/mol. The van der Waals surface area contributed by atoms with Gasteiger partial charge in [-0.2, -0.15) is 0 Å². The maximum atomic E-state index is 12.2. The Morgan fingerprint density at radius 3 is 2.56 bits per heavy atom. The summed E-state index contributed by atoms with van der Waals surface area (Å²) in [4.78, 5) is 14.6. The van der Waals surface area contributed by atoms with Crippen molar-refractivity contribution in [2.75, 3.05) is 26.2 Å². The van der Waals surface area contributed by atoms with Crippen LogP contribution >= 0.6 is 24.8 Å². The van der Waals surface area contributed by atoms with Gasteiger partial charge in [-0.05, 0) is 50.3 Å². The molecular weight excluding hydrogens is 357 g/mol. The summed E-state index contributed by atoms with van der Waals surface area (Å²) in [5.74, 6) is 0.982. The fraction of sp³-hybridized carbons (Fsp3) is 0.632. The van der Waals surface area contributed by atoms with Gasteiger partial charge in [0.15, 0.2) is 0 Å². The van der Waals surface area contributed by atoms with Gasteiger partial charge in [0, 0.05) is 32.1 Å². The smallest absolute Gasteiger partial charge is 0.220 e. The molecule has 2 saturated heterocycles. The first-order valence-corrected chi connectivity index (χ1v) is 9.06. The second-order valence-electron chi connectivity index (χ2n) is 7.01. The van der Waals surface area contributed by atoms with Crippen LogP contribution in [0.5, 0.6) is 0 Å². The second kappa shape index (κ2) is 11.7. The van der Waals surface area contributed by atoms with Crippen molar-refractivity contribution in [3.63, 3.8) is 0 Å². The molecule has 25 heavy (non-hydrogen) atoms. The average molecular weight is 388 g/mol. The quantitative estimate of drug-likeness (QED) is 0.788. The zero-order valence-electron chi connectivity index (χ0n) is 14.8. The molecule has 2 aliphatic heterocycles. The number of carbonyl (C=O) groups is 1. The van der Waals surface area contributed by atoms with Gasteiger partial charge >= 0.3 is 0 Å². The summed E-state index contributed by atoms with van der Waals surface area (Å²) in [5, 5.41) is 6.62. The molecule has 1 atom stereocenters. The van der Waals surface area contributed by atoms with Crippen LogP contribution in [0.3, 0.4) is 0 Å². The van der Waals surface area contributed by atoms with Gasteiger partial charge in [-0.25, -0.2) is 0 Å². The van der Waals surface area contributed by atoms with Crippen LogP contribution in [-0.2, 0) is 11.3 Å². The molecule has 1 amide bonds. The first-order chi connectivity index (χ1) is 11.3. The number of halogens is 2. The zero-order chi connectivity index (χ0) is 15.9. The number of rotatable bonds is 6. The zero-order valence-corrected chi connectivity index (χ0v) is 16.4. The molecule has 0 aromatic heterocycles. The van der Waals surface area contributed by atoms with Crippen molar-refractivity contribution in [3.05, 3.63) is 35.9 Å². The normalized spacial score (nSPS) is 21.2. The predicted molar refractivity (Wildman–Crippen MR) is 108 cm³/mol. The lowest BCUT2D eigenvalue weighted by molar-refractivity contribution is -0.122. The molecule has 4 nitrogen and oxygen atoms in total. The van der Waals surface area contributed by atoms with E-state index in [0.29, 0.717) is 12.5 Å². The molecule has 2 N–H and O–H groups in total. The Bertz CT molecular complexity index is 495. The fourth-order valence-corrected chi connectivity index (χ4v) is 3.74. The summed E-state index contributed by atoms with van der Waals surface area (Å²) in [7, 11) is 0. The van der Waals surface area contributed by atoms with Gasteiger partial charge in [-0.3, -0.25) is 9.69 Å². The van der Waals surface area contributed by atoms with Crippen molar-refractivity contribution in [1.29, 1.82) is 0 Å². The highest BCUT2D eigenvalue weighted by atomic mass is 35.5. The van der Waals surface area contributed by atoms with Crippen molar-refractivity contribution in [2.45, 2.75) is 44.7 Å². The molecule has 1 unspecified atom stereocenters. The van der Waals surface area contributed by atoms with Crippen molar-refractivity contribution in [1.82, 2.24) is 15.5 Å². The summed E-state index contributed by atoms with van der Waals surface area (Å²) in [6.45, 7) is 5.27. The Morgan fingerprint density at radius 2 is 1.84 bits per heavy atom. The third kappa shape index (κ3) is 7.53. The molecule has 2 aliphatic rings. The molecule has 0 bridgehead atoms. The summed E-state index contributed by atoms with van der Waals surface area (Å²) < 4.78 is 0. The molecule has 1 aromatic rings. The highest BCUT2D eigenvalue weighted by Crippen LogP contribution is 2.18. The summed E-state index contributed by atoms with van der Waals surface area (Å²) in [6, 6.07) is 10.9. The predicted octanol–water partition coefficient (Wildman–Crippen LogP) is 3.00.